The summed E-state index contributed by atoms with van der Waals surface area (Å²) in [7, 11) is 0. The number of allylic oxidation sites excluding steroid dienone is 1. The summed E-state index contributed by atoms with van der Waals surface area (Å²) in [4.78, 5) is 20.8. The lowest BCUT2D eigenvalue weighted by molar-refractivity contribution is -0.129. The van der Waals surface area contributed by atoms with E-state index in [1.807, 2.05) is 30.2 Å². The van der Waals surface area contributed by atoms with Gasteiger partial charge in [0, 0.05) is 50.2 Å². The highest BCUT2D eigenvalue weighted by atomic mass is 16.2. The molecule has 1 aliphatic heterocycles. The predicted octanol–water partition coefficient (Wildman–Crippen LogP) is 2.64. The maximum Gasteiger partial charge on any atom is 0.249 e. The van der Waals surface area contributed by atoms with Crippen LogP contribution < -0.4 is 0 Å². The fourth-order valence-corrected chi connectivity index (χ4v) is 2.79. The molecule has 0 spiro atoms. The molecule has 4 nitrogen and oxygen atoms in total. The van der Waals surface area contributed by atoms with Crippen molar-refractivity contribution < 1.29 is 4.79 Å². The molecular formula is C17H25N3O. The zero-order chi connectivity index (χ0) is 15.2. The van der Waals surface area contributed by atoms with Crippen LogP contribution in [-0.4, -0.2) is 46.9 Å². The van der Waals surface area contributed by atoms with Crippen LogP contribution in [0.5, 0.6) is 0 Å². The Bertz CT molecular complexity index is 490. The Hall–Kier alpha value is -1.68. The number of hydrogen-bond acceptors (Lipinski definition) is 3. The van der Waals surface area contributed by atoms with E-state index in [-0.39, 0.29) is 5.91 Å². The number of amides is 1. The summed E-state index contributed by atoms with van der Waals surface area (Å²) in [5.74, 6) is 0.186. The Kier molecular flexibility index (Phi) is 5.51. The smallest absolute Gasteiger partial charge is 0.249 e. The Balaban J connectivity index is 1.91. The molecule has 1 aliphatic rings. The summed E-state index contributed by atoms with van der Waals surface area (Å²) in [6, 6.07) is 4.44. The third-order valence-electron chi connectivity index (χ3n) is 4.16. The van der Waals surface area contributed by atoms with Crippen LogP contribution in [0.25, 0.3) is 0 Å². The number of pyridine rings is 1. The molecular weight excluding hydrogens is 262 g/mol. The molecule has 0 saturated carbocycles. The second-order valence-corrected chi connectivity index (χ2v) is 5.59. The van der Waals surface area contributed by atoms with Gasteiger partial charge in [-0.05, 0) is 31.9 Å². The van der Waals surface area contributed by atoms with Gasteiger partial charge in [-0.1, -0.05) is 19.1 Å². The van der Waals surface area contributed by atoms with Crippen LogP contribution >= 0.6 is 0 Å². The lowest BCUT2D eigenvalue weighted by Gasteiger charge is -2.38. The summed E-state index contributed by atoms with van der Waals surface area (Å²) in [6.07, 6.45) is 6.65. The zero-order valence-corrected chi connectivity index (χ0v) is 13.2. The van der Waals surface area contributed by atoms with E-state index in [1.165, 1.54) is 5.56 Å². The second kappa shape index (κ2) is 7.36. The van der Waals surface area contributed by atoms with Gasteiger partial charge in [-0.3, -0.25) is 14.7 Å². The van der Waals surface area contributed by atoms with Gasteiger partial charge in [-0.2, -0.15) is 0 Å². The molecule has 2 heterocycles. The minimum atomic E-state index is 0.186. The molecule has 4 heteroatoms. The monoisotopic (exact) mass is 287 g/mol. The molecule has 114 valence electrons. The summed E-state index contributed by atoms with van der Waals surface area (Å²) < 4.78 is 0. The van der Waals surface area contributed by atoms with E-state index >= 15 is 0 Å². The van der Waals surface area contributed by atoms with Crippen molar-refractivity contribution in [3.63, 3.8) is 0 Å². The number of piperazine rings is 1. The van der Waals surface area contributed by atoms with Gasteiger partial charge in [0.1, 0.15) is 0 Å². The Morgan fingerprint density at radius 2 is 2.10 bits per heavy atom. The van der Waals surface area contributed by atoms with Crippen LogP contribution in [0.4, 0.5) is 0 Å². The number of carbonyl (C=O) groups is 1. The normalized spacial score (nSPS) is 18.6. The number of carbonyl (C=O) groups excluding carboxylic acids is 1. The number of hydrogen-bond donors (Lipinski definition) is 0. The first-order valence-electron chi connectivity index (χ1n) is 7.73. The molecule has 0 N–H and O–H groups in total. The number of rotatable bonds is 4. The molecule has 0 aliphatic carbocycles. The van der Waals surface area contributed by atoms with Crippen molar-refractivity contribution in [3.05, 3.63) is 41.7 Å². The highest BCUT2D eigenvalue weighted by molar-refractivity contribution is 5.92. The van der Waals surface area contributed by atoms with Crippen molar-refractivity contribution in [2.45, 2.75) is 33.2 Å². The van der Waals surface area contributed by atoms with Crippen molar-refractivity contribution in [1.29, 1.82) is 0 Å². The zero-order valence-electron chi connectivity index (χ0n) is 13.2. The van der Waals surface area contributed by atoms with Gasteiger partial charge < -0.3 is 4.90 Å². The van der Waals surface area contributed by atoms with E-state index in [9.17, 15) is 4.79 Å². The fourth-order valence-electron chi connectivity index (χ4n) is 2.79. The van der Waals surface area contributed by atoms with E-state index in [1.54, 1.807) is 6.20 Å². The highest BCUT2D eigenvalue weighted by Gasteiger charge is 2.25. The van der Waals surface area contributed by atoms with Gasteiger partial charge in [0.05, 0.1) is 0 Å². The largest absolute Gasteiger partial charge is 0.336 e. The van der Waals surface area contributed by atoms with Crippen molar-refractivity contribution in [2.24, 2.45) is 0 Å². The van der Waals surface area contributed by atoms with E-state index in [4.69, 9.17) is 0 Å². The summed E-state index contributed by atoms with van der Waals surface area (Å²) >= 11 is 0. The third kappa shape index (κ3) is 3.91. The van der Waals surface area contributed by atoms with Crippen LogP contribution in [-0.2, 0) is 4.79 Å². The number of nitrogens with zero attached hydrogens (tertiary/aromatic N) is 3. The van der Waals surface area contributed by atoms with E-state index < -0.39 is 0 Å². The topological polar surface area (TPSA) is 36.4 Å². The van der Waals surface area contributed by atoms with Crippen molar-refractivity contribution in [2.75, 3.05) is 26.2 Å². The van der Waals surface area contributed by atoms with Gasteiger partial charge >= 0.3 is 0 Å². The average Bonchev–Trinajstić information content (AvgIpc) is 2.54. The van der Waals surface area contributed by atoms with Crippen molar-refractivity contribution in [3.8, 4) is 0 Å². The molecule has 21 heavy (non-hydrogen) atoms. The predicted molar refractivity (Wildman–Crippen MR) is 84.9 cm³/mol. The first-order chi connectivity index (χ1) is 10.1. The van der Waals surface area contributed by atoms with Crippen molar-refractivity contribution in [1.82, 2.24) is 14.8 Å². The van der Waals surface area contributed by atoms with E-state index in [0.717, 1.165) is 38.2 Å². The first-order valence-corrected chi connectivity index (χ1v) is 7.73. The van der Waals surface area contributed by atoms with Gasteiger partial charge in [0.25, 0.3) is 0 Å². The van der Waals surface area contributed by atoms with Gasteiger partial charge in [0.15, 0.2) is 0 Å². The van der Waals surface area contributed by atoms with Crippen LogP contribution in [0, 0.1) is 0 Å². The van der Waals surface area contributed by atoms with Gasteiger partial charge in [-0.15, -0.1) is 0 Å². The Morgan fingerprint density at radius 3 is 2.67 bits per heavy atom. The molecule has 0 unspecified atom stereocenters. The Labute approximate surface area is 127 Å². The molecule has 1 fully saturated rings. The molecule has 0 aromatic carbocycles. The second-order valence-electron chi connectivity index (χ2n) is 5.59. The maximum atomic E-state index is 12.3. The average molecular weight is 287 g/mol. The van der Waals surface area contributed by atoms with Crippen LogP contribution in [0.15, 0.2) is 36.2 Å². The quantitative estimate of drug-likeness (QED) is 0.799. The van der Waals surface area contributed by atoms with Crippen LogP contribution in [0.1, 0.15) is 38.8 Å². The summed E-state index contributed by atoms with van der Waals surface area (Å²) in [5.41, 5.74) is 2.10. The fraction of sp³-hybridized carbons (Fsp3) is 0.529. The van der Waals surface area contributed by atoms with Gasteiger partial charge in [-0.25, -0.2) is 0 Å². The highest BCUT2D eigenvalue weighted by Crippen LogP contribution is 2.21. The molecule has 1 aromatic rings. The summed E-state index contributed by atoms with van der Waals surface area (Å²) in [5, 5.41) is 0. The minimum Gasteiger partial charge on any atom is -0.336 e. The Morgan fingerprint density at radius 1 is 1.38 bits per heavy atom. The van der Waals surface area contributed by atoms with Gasteiger partial charge in [0.2, 0.25) is 5.91 Å². The molecule has 1 saturated heterocycles. The maximum absolute atomic E-state index is 12.3. The van der Waals surface area contributed by atoms with Crippen LogP contribution in [0.2, 0.25) is 0 Å². The molecule has 1 amide bonds. The number of aromatic nitrogens is 1. The lowest BCUT2D eigenvalue weighted by Crippen LogP contribution is -2.49. The van der Waals surface area contributed by atoms with Crippen LogP contribution in [0.3, 0.4) is 0 Å². The molecule has 2 rings (SSSR count). The SMILES string of the molecule is CC/C=C(\C)C(=O)N1CCN([C@H](C)c2cccnc2)CC1. The molecule has 1 aromatic heterocycles. The molecule has 0 radical (unpaired) electrons. The van der Waals surface area contributed by atoms with Crippen molar-refractivity contribution >= 4 is 5.91 Å². The standard InChI is InChI=1S/C17H25N3O/c1-4-6-14(2)17(21)20-11-9-19(10-12-20)15(3)16-7-5-8-18-13-16/h5-8,13,15H,4,9-12H2,1-3H3/b14-6+/t15-/m1/s1. The molecule has 0 bridgehead atoms. The summed E-state index contributed by atoms with van der Waals surface area (Å²) in [6.45, 7) is 9.62. The molecule has 1 atom stereocenters. The minimum absolute atomic E-state index is 0.186. The van der Waals surface area contributed by atoms with E-state index in [2.05, 4.69) is 29.8 Å². The van der Waals surface area contributed by atoms with E-state index in [0.29, 0.717) is 6.04 Å². The first kappa shape index (κ1) is 15.7. The lowest BCUT2D eigenvalue weighted by atomic mass is 10.1. The third-order valence-corrected chi connectivity index (χ3v) is 4.16.